The van der Waals surface area contributed by atoms with E-state index in [1.807, 2.05) is 6.07 Å². The van der Waals surface area contributed by atoms with Gasteiger partial charge in [-0.2, -0.15) is 0 Å². The SMILES string of the molecule is COc1cc(OCCCN2CCN(C)CC2)cc(C2CC[CH]CC2)c1OC. The molecular formula is C22H35N2O3. The van der Waals surface area contributed by atoms with E-state index >= 15 is 0 Å². The molecule has 1 aliphatic carbocycles. The van der Waals surface area contributed by atoms with Gasteiger partial charge in [-0.1, -0.05) is 0 Å². The van der Waals surface area contributed by atoms with Gasteiger partial charge in [0.2, 0.25) is 0 Å². The van der Waals surface area contributed by atoms with Crippen LogP contribution in [0.25, 0.3) is 0 Å². The predicted octanol–water partition coefficient (Wildman–Crippen LogP) is 3.58. The highest BCUT2D eigenvalue weighted by atomic mass is 16.5. The van der Waals surface area contributed by atoms with Crippen LogP contribution in [0.5, 0.6) is 17.2 Å². The number of piperazine rings is 1. The fourth-order valence-electron chi connectivity index (χ4n) is 4.14. The first kappa shape index (κ1) is 20.3. The van der Waals surface area contributed by atoms with Crippen LogP contribution >= 0.6 is 0 Å². The molecule has 0 amide bonds. The summed E-state index contributed by atoms with van der Waals surface area (Å²) < 4.78 is 17.4. The number of rotatable bonds is 8. The number of hydrogen-bond donors (Lipinski definition) is 0. The summed E-state index contributed by atoms with van der Waals surface area (Å²) in [6.07, 6.45) is 8.13. The summed E-state index contributed by atoms with van der Waals surface area (Å²) >= 11 is 0. The zero-order valence-electron chi connectivity index (χ0n) is 17.2. The third-order valence-electron chi connectivity index (χ3n) is 5.84. The quantitative estimate of drug-likeness (QED) is 0.649. The van der Waals surface area contributed by atoms with Gasteiger partial charge in [0.15, 0.2) is 11.5 Å². The average molecular weight is 376 g/mol. The van der Waals surface area contributed by atoms with Gasteiger partial charge < -0.3 is 24.0 Å². The number of nitrogens with zero attached hydrogens (tertiary/aromatic N) is 2. The van der Waals surface area contributed by atoms with Gasteiger partial charge in [-0.25, -0.2) is 0 Å². The summed E-state index contributed by atoms with van der Waals surface area (Å²) in [4.78, 5) is 4.92. The molecule has 1 aromatic rings. The van der Waals surface area contributed by atoms with E-state index < -0.39 is 0 Å². The Morgan fingerprint density at radius 2 is 1.74 bits per heavy atom. The van der Waals surface area contributed by atoms with E-state index in [0.29, 0.717) is 5.92 Å². The molecule has 0 atom stereocenters. The van der Waals surface area contributed by atoms with Crippen molar-refractivity contribution in [3.05, 3.63) is 24.1 Å². The van der Waals surface area contributed by atoms with Crippen LogP contribution in [-0.4, -0.2) is 70.4 Å². The normalized spacial score (nSPS) is 19.8. The molecule has 5 nitrogen and oxygen atoms in total. The Morgan fingerprint density at radius 1 is 1.00 bits per heavy atom. The molecule has 1 radical (unpaired) electrons. The van der Waals surface area contributed by atoms with Crippen LogP contribution in [0.4, 0.5) is 0 Å². The highest BCUT2D eigenvalue weighted by Gasteiger charge is 2.23. The monoisotopic (exact) mass is 375 g/mol. The molecule has 0 aromatic heterocycles. The Hall–Kier alpha value is -1.46. The van der Waals surface area contributed by atoms with Crippen molar-refractivity contribution in [2.45, 2.75) is 38.0 Å². The van der Waals surface area contributed by atoms with Gasteiger partial charge in [0.05, 0.1) is 20.8 Å². The van der Waals surface area contributed by atoms with Crippen molar-refractivity contribution in [3.63, 3.8) is 0 Å². The minimum absolute atomic E-state index is 0.521. The molecule has 1 saturated carbocycles. The van der Waals surface area contributed by atoms with Crippen LogP contribution in [0.2, 0.25) is 0 Å². The summed E-state index contributed by atoms with van der Waals surface area (Å²) in [6.45, 7) is 6.50. The molecule has 1 saturated heterocycles. The molecule has 0 N–H and O–H groups in total. The first-order valence-electron chi connectivity index (χ1n) is 10.3. The molecule has 0 unspecified atom stereocenters. The van der Waals surface area contributed by atoms with Gasteiger partial charge in [-0.15, -0.1) is 0 Å². The van der Waals surface area contributed by atoms with Crippen molar-refractivity contribution in [2.24, 2.45) is 0 Å². The van der Waals surface area contributed by atoms with Gasteiger partial charge in [-0.3, -0.25) is 0 Å². The zero-order chi connectivity index (χ0) is 19.1. The molecule has 5 heteroatoms. The number of hydrogen-bond acceptors (Lipinski definition) is 5. The van der Waals surface area contributed by atoms with Crippen LogP contribution < -0.4 is 14.2 Å². The molecule has 3 rings (SSSR count). The van der Waals surface area contributed by atoms with E-state index in [-0.39, 0.29) is 0 Å². The summed E-state index contributed by atoms with van der Waals surface area (Å²) in [5.74, 6) is 3.07. The number of ether oxygens (including phenoxy) is 3. The average Bonchev–Trinajstić information content (AvgIpc) is 2.72. The maximum Gasteiger partial charge on any atom is 0.164 e. The Balaban J connectivity index is 1.59. The van der Waals surface area contributed by atoms with Gasteiger partial charge in [-0.05, 0) is 57.6 Å². The van der Waals surface area contributed by atoms with Crippen molar-refractivity contribution in [1.82, 2.24) is 9.80 Å². The van der Waals surface area contributed by atoms with Crippen LogP contribution in [0.15, 0.2) is 12.1 Å². The molecule has 1 aliphatic heterocycles. The van der Waals surface area contributed by atoms with Crippen molar-refractivity contribution in [3.8, 4) is 17.2 Å². The number of benzene rings is 1. The smallest absolute Gasteiger partial charge is 0.164 e. The van der Waals surface area contributed by atoms with E-state index in [0.717, 1.165) is 49.9 Å². The van der Waals surface area contributed by atoms with E-state index in [1.54, 1.807) is 14.2 Å². The lowest BCUT2D eigenvalue weighted by Crippen LogP contribution is -2.44. The van der Waals surface area contributed by atoms with Crippen molar-refractivity contribution in [1.29, 1.82) is 0 Å². The molecule has 0 spiro atoms. The van der Waals surface area contributed by atoms with Crippen LogP contribution in [-0.2, 0) is 0 Å². The summed E-state index contributed by atoms with van der Waals surface area (Å²) in [5, 5.41) is 0. The van der Waals surface area contributed by atoms with Gasteiger partial charge in [0.1, 0.15) is 5.75 Å². The van der Waals surface area contributed by atoms with Crippen LogP contribution in [0, 0.1) is 6.42 Å². The fourth-order valence-corrected chi connectivity index (χ4v) is 4.14. The first-order chi connectivity index (χ1) is 13.2. The van der Waals surface area contributed by atoms with Gasteiger partial charge >= 0.3 is 0 Å². The van der Waals surface area contributed by atoms with E-state index in [1.165, 1.54) is 44.3 Å². The molecule has 151 valence electrons. The van der Waals surface area contributed by atoms with Gasteiger partial charge in [0.25, 0.3) is 0 Å². The summed E-state index contributed by atoms with van der Waals surface area (Å²) in [7, 11) is 5.62. The lowest BCUT2D eigenvalue weighted by molar-refractivity contribution is 0.145. The maximum absolute atomic E-state index is 6.11. The summed E-state index contributed by atoms with van der Waals surface area (Å²) in [6, 6.07) is 4.14. The van der Waals surface area contributed by atoms with Crippen LogP contribution in [0.1, 0.15) is 43.6 Å². The van der Waals surface area contributed by atoms with Gasteiger partial charge in [0, 0.05) is 44.4 Å². The molecule has 0 bridgehead atoms. The molecule has 1 aromatic carbocycles. The largest absolute Gasteiger partial charge is 0.493 e. The molecule has 2 aliphatic rings. The lowest BCUT2D eigenvalue weighted by atomic mass is 9.83. The van der Waals surface area contributed by atoms with E-state index in [4.69, 9.17) is 14.2 Å². The highest BCUT2D eigenvalue weighted by Crippen LogP contribution is 2.44. The standard InChI is InChI=1S/C22H35N2O3/c1-23-11-13-24(14-12-23)10-7-15-27-19-16-20(18-8-5-4-6-9-18)22(26-3)21(17-19)25-2/h4,16-18H,5-15H2,1-3H3. The molecule has 1 heterocycles. The van der Waals surface area contributed by atoms with Crippen molar-refractivity contribution >= 4 is 0 Å². The number of methoxy groups -OCH3 is 2. The molecule has 2 fully saturated rings. The summed E-state index contributed by atoms with van der Waals surface area (Å²) in [5.41, 5.74) is 1.24. The second-order valence-corrected chi connectivity index (χ2v) is 7.74. The lowest BCUT2D eigenvalue weighted by Gasteiger charge is -2.32. The minimum Gasteiger partial charge on any atom is -0.493 e. The van der Waals surface area contributed by atoms with Crippen molar-refractivity contribution in [2.75, 3.05) is 60.6 Å². The second-order valence-electron chi connectivity index (χ2n) is 7.74. The highest BCUT2D eigenvalue weighted by molar-refractivity contribution is 5.53. The number of likely N-dealkylation sites (N-methyl/N-ethyl adjacent to an activating group) is 1. The zero-order valence-corrected chi connectivity index (χ0v) is 17.2. The second kappa shape index (κ2) is 10.2. The Kier molecular flexibility index (Phi) is 7.65. The van der Waals surface area contributed by atoms with E-state index in [2.05, 4.69) is 29.3 Å². The Bertz CT molecular complexity index is 579. The minimum atomic E-state index is 0.521. The first-order valence-corrected chi connectivity index (χ1v) is 10.3. The maximum atomic E-state index is 6.11. The van der Waals surface area contributed by atoms with Crippen molar-refractivity contribution < 1.29 is 14.2 Å². The third kappa shape index (κ3) is 5.52. The Labute approximate surface area is 164 Å². The third-order valence-corrected chi connectivity index (χ3v) is 5.84. The molecule has 27 heavy (non-hydrogen) atoms. The molecular weight excluding hydrogens is 340 g/mol. The predicted molar refractivity (Wildman–Crippen MR) is 109 cm³/mol. The fraction of sp³-hybridized carbons (Fsp3) is 0.682. The van der Waals surface area contributed by atoms with E-state index in [9.17, 15) is 0 Å². The van der Waals surface area contributed by atoms with Crippen LogP contribution in [0.3, 0.4) is 0 Å². The Morgan fingerprint density at radius 3 is 2.41 bits per heavy atom. The topological polar surface area (TPSA) is 34.2 Å².